The minimum atomic E-state index is -5.52. The number of ether oxygens (including phenoxy) is 2. The zero-order valence-electron chi connectivity index (χ0n) is 24.1. The van der Waals surface area contributed by atoms with Crippen LogP contribution in [0.15, 0.2) is 36.7 Å². The van der Waals surface area contributed by atoms with Crippen LogP contribution in [0, 0.1) is 0 Å². The Balaban J connectivity index is 1.20. The van der Waals surface area contributed by atoms with E-state index in [2.05, 4.69) is 23.8 Å². The summed E-state index contributed by atoms with van der Waals surface area (Å²) in [5, 5.41) is 31.5. The van der Waals surface area contributed by atoms with Gasteiger partial charge >= 0.3 is 23.5 Å². The summed E-state index contributed by atoms with van der Waals surface area (Å²) in [6.07, 6.45) is -6.47. The predicted molar refractivity (Wildman–Crippen MR) is 153 cm³/mol. The fourth-order valence-electron chi connectivity index (χ4n) is 4.93. The van der Waals surface area contributed by atoms with E-state index in [4.69, 9.17) is 30.0 Å². The molecule has 266 valence electrons. The van der Waals surface area contributed by atoms with Gasteiger partial charge in [0.15, 0.2) is 23.9 Å². The molecule has 0 radical (unpaired) electrons. The zero-order valence-corrected chi connectivity index (χ0v) is 26.8. The minimum Gasteiger partial charge on any atom is -0.387 e. The second-order valence-electron chi connectivity index (χ2n) is 10.4. The lowest BCUT2D eigenvalue weighted by molar-refractivity contribution is -0.115. The number of nitrogens with zero attached hydrogens (tertiary/aromatic N) is 5. The first kappa shape index (κ1) is 36.5. The zero-order chi connectivity index (χ0) is 35.2. The van der Waals surface area contributed by atoms with Gasteiger partial charge < -0.3 is 60.7 Å². The van der Waals surface area contributed by atoms with Crippen LogP contribution in [0.2, 0.25) is 0 Å². The fraction of sp³-hybridized carbons (Fsp3) is 0.524. The Hall–Kier alpha value is -2.73. The molecule has 2 fully saturated rings. The number of hydrogen-bond acceptors (Lipinski definition) is 18. The molecule has 3 aliphatic rings. The molecule has 11 N–H and O–H groups in total. The summed E-state index contributed by atoms with van der Waals surface area (Å²) in [6.45, 7) is -2.02. The molecule has 0 aromatic carbocycles. The highest BCUT2D eigenvalue weighted by Crippen LogP contribution is 2.61. The first-order valence-corrected chi connectivity index (χ1v) is 18.0. The molecule has 4 unspecified atom stereocenters. The third kappa shape index (κ3) is 8.17. The van der Waals surface area contributed by atoms with Crippen LogP contribution in [0.1, 0.15) is 12.6 Å². The monoisotopic (exact) mass is 745 g/mol. The van der Waals surface area contributed by atoms with Crippen molar-refractivity contribution in [2.45, 2.75) is 55.5 Å². The SMILES string of the molecule is NC(=O)C1=CN(C2O[C@H](COP(=O)(O)OP(=O)(O)OC[C@H]3OC(n4cnc5c(N)ncnc54)[C@H](OP(=O)(O)O)[C@@H]3O)[C@@H](O)[C@H]2O)C=CC1. The van der Waals surface area contributed by atoms with Crippen molar-refractivity contribution in [1.29, 1.82) is 0 Å². The third-order valence-electron chi connectivity index (χ3n) is 7.11. The van der Waals surface area contributed by atoms with E-state index in [0.717, 1.165) is 17.2 Å². The smallest absolute Gasteiger partial charge is 0.387 e. The second kappa shape index (κ2) is 13.9. The van der Waals surface area contributed by atoms with E-state index in [9.17, 15) is 53.4 Å². The summed E-state index contributed by atoms with van der Waals surface area (Å²) >= 11 is 0. The van der Waals surface area contributed by atoms with Crippen molar-refractivity contribution in [1.82, 2.24) is 24.4 Å². The number of aromatic nitrogens is 4. The summed E-state index contributed by atoms with van der Waals surface area (Å²) in [5.74, 6) is -0.791. The minimum absolute atomic E-state index is 0.00424. The van der Waals surface area contributed by atoms with Crippen LogP contribution < -0.4 is 11.5 Å². The van der Waals surface area contributed by atoms with Crippen LogP contribution in [0.3, 0.4) is 0 Å². The largest absolute Gasteiger partial charge is 0.481 e. The van der Waals surface area contributed by atoms with Gasteiger partial charge in [0.2, 0.25) is 5.91 Å². The van der Waals surface area contributed by atoms with E-state index in [1.54, 1.807) is 0 Å². The van der Waals surface area contributed by atoms with Crippen LogP contribution in [-0.2, 0) is 45.8 Å². The van der Waals surface area contributed by atoms with Gasteiger partial charge in [-0.2, -0.15) is 4.31 Å². The summed E-state index contributed by atoms with van der Waals surface area (Å²) in [5.41, 5.74) is 11.3. The van der Waals surface area contributed by atoms with E-state index >= 15 is 0 Å². The van der Waals surface area contributed by atoms with Gasteiger partial charge in [0.25, 0.3) is 0 Å². The number of nitrogens with two attached hydrogens (primary N) is 2. The molecule has 0 saturated carbocycles. The number of hydrogen-bond donors (Lipinski definition) is 9. The molecular formula is C21H30N7O17P3. The molecule has 24 nitrogen and oxygen atoms in total. The van der Waals surface area contributed by atoms with Gasteiger partial charge in [-0.05, 0) is 6.42 Å². The lowest BCUT2D eigenvalue weighted by Crippen LogP contribution is -2.40. The van der Waals surface area contributed by atoms with Crippen molar-refractivity contribution < 1.29 is 80.7 Å². The Morgan fingerprint density at radius 2 is 1.56 bits per heavy atom. The first-order chi connectivity index (χ1) is 22.4. The molecule has 2 aromatic heterocycles. The van der Waals surface area contributed by atoms with Crippen molar-refractivity contribution in [3.63, 3.8) is 0 Å². The summed E-state index contributed by atoms with van der Waals surface area (Å²) in [6, 6.07) is 0. The van der Waals surface area contributed by atoms with Gasteiger partial charge in [0, 0.05) is 18.0 Å². The van der Waals surface area contributed by atoms with Crippen LogP contribution in [0.25, 0.3) is 11.2 Å². The number of allylic oxidation sites excluding steroid dienone is 1. The summed E-state index contributed by atoms with van der Waals surface area (Å²) in [4.78, 5) is 63.4. The average molecular weight is 745 g/mol. The third-order valence-corrected chi connectivity index (χ3v) is 10.2. The lowest BCUT2D eigenvalue weighted by Gasteiger charge is -2.28. The number of fused-ring (bicyclic) bond motifs is 1. The van der Waals surface area contributed by atoms with Crippen molar-refractivity contribution >= 4 is 46.4 Å². The Kier molecular flexibility index (Phi) is 10.6. The lowest BCUT2D eigenvalue weighted by atomic mass is 10.1. The van der Waals surface area contributed by atoms with Crippen molar-refractivity contribution in [2.24, 2.45) is 5.73 Å². The van der Waals surface area contributed by atoms with Crippen LogP contribution in [0.4, 0.5) is 5.82 Å². The number of rotatable bonds is 13. The number of carbonyl (C=O) groups is 1. The molecule has 27 heteroatoms. The van der Waals surface area contributed by atoms with Gasteiger partial charge in [-0.15, -0.1) is 0 Å². The van der Waals surface area contributed by atoms with Crippen LogP contribution in [0.5, 0.6) is 0 Å². The predicted octanol–water partition coefficient (Wildman–Crippen LogP) is -2.57. The van der Waals surface area contributed by atoms with E-state index in [-0.39, 0.29) is 29.0 Å². The number of primary amides is 1. The van der Waals surface area contributed by atoms with Crippen molar-refractivity contribution in [3.05, 3.63) is 36.7 Å². The van der Waals surface area contributed by atoms with Gasteiger partial charge in [-0.3, -0.25) is 22.9 Å². The molecule has 3 aliphatic heterocycles. The quantitative estimate of drug-likeness (QED) is 0.0951. The standard InChI is InChI=1S/C21H30N7O17P3/c22-17-12-19(25-7-24-17)28(8-26-12)21-16(44-46(33,34)35)14(30)11(43-21)6-41-48(38,39)45-47(36,37)40-5-10-13(29)15(31)20(42-10)27-3-1-2-9(4-27)18(23)32/h1,3-4,7-8,10-11,13-16,20-21,29-31H,2,5-6H2,(H2,23,32)(H,36,37)(H,38,39)(H2,22,24,25)(H2,33,34,35)/t10-,11-,13-,14-,15-,16-,20?,21?/m1/s1. The van der Waals surface area contributed by atoms with Crippen LogP contribution in [-0.4, -0.2) is 121 Å². The summed E-state index contributed by atoms with van der Waals surface area (Å²) in [7, 11) is -16.3. The van der Waals surface area contributed by atoms with E-state index in [1.807, 2.05) is 0 Å². The highest BCUT2D eigenvalue weighted by atomic mass is 31.3. The molecule has 2 aromatic rings. The molecule has 10 atom stereocenters. The Morgan fingerprint density at radius 1 is 0.938 bits per heavy atom. The Bertz CT molecular complexity index is 1740. The molecule has 2 saturated heterocycles. The maximum Gasteiger partial charge on any atom is 0.481 e. The number of phosphoric acid groups is 3. The maximum atomic E-state index is 12.6. The number of aliphatic hydroxyl groups is 3. The molecule has 0 aliphatic carbocycles. The van der Waals surface area contributed by atoms with Gasteiger partial charge in [0.05, 0.1) is 19.5 Å². The Morgan fingerprint density at radius 3 is 2.19 bits per heavy atom. The topological polar surface area (TPSA) is 364 Å². The van der Waals surface area contributed by atoms with Crippen molar-refractivity contribution in [3.8, 4) is 0 Å². The molecule has 5 heterocycles. The van der Waals surface area contributed by atoms with Crippen molar-refractivity contribution in [2.75, 3.05) is 18.9 Å². The number of phosphoric ester groups is 3. The highest BCUT2D eigenvalue weighted by Gasteiger charge is 2.51. The summed E-state index contributed by atoms with van der Waals surface area (Å²) < 4.78 is 67.2. The Labute approximate surface area is 268 Å². The average Bonchev–Trinajstić information content (AvgIpc) is 3.64. The number of amides is 1. The van der Waals surface area contributed by atoms with Gasteiger partial charge in [0.1, 0.15) is 48.5 Å². The maximum absolute atomic E-state index is 12.6. The normalized spacial score (nSPS) is 31.9. The van der Waals surface area contributed by atoms with E-state index in [1.165, 1.54) is 23.4 Å². The number of carbonyl (C=O) groups excluding carboxylic acids is 1. The highest BCUT2D eigenvalue weighted by molar-refractivity contribution is 7.61. The number of anilines is 1. The molecular weight excluding hydrogens is 715 g/mol. The molecule has 0 spiro atoms. The molecule has 0 bridgehead atoms. The molecule has 5 rings (SSSR count). The van der Waals surface area contributed by atoms with Crippen LogP contribution >= 0.6 is 23.5 Å². The molecule has 48 heavy (non-hydrogen) atoms. The first-order valence-electron chi connectivity index (χ1n) is 13.5. The fourth-order valence-corrected chi connectivity index (χ4v) is 7.57. The van der Waals surface area contributed by atoms with E-state index < -0.39 is 91.7 Å². The number of imidazole rings is 1. The van der Waals surface area contributed by atoms with E-state index in [0.29, 0.717) is 0 Å². The number of nitrogen functional groups attached to an aromatic ring is 1. The van der Waals surface area contributed by atoms with Gasteiger partial charge in [-0.1, -0.05) is 6.08 Å². The second-order valence-corrected chi connectivity index (χ2v) is 14.6. The number of aliphatic hydroxyl groups excluding tert-OH is 3. The van der Waals surface area contributed by atoms with Gasteiger partial charge in [-0.25, -0.2) is 28.6 Å². The molecule has 1 amide bonds.